The van der Waals surface area contributed by atoms with Crippen LogP contribution in [0.15, 0.2) is 60.7 Å². The van der Waals surface area contributed by atoms with Crippen molar-refractivity contribution in [2.24, 2.45) is 0 Å². The normalized spacial score (nSPS) is 9.29. The Bertz CT molecular complexity index is 414. The number of rotatable bonds is 2. The fraction of sp³-hybridized carbons (Fsp3) is 0.300. The first-order chi connectivity index (χ1) is 10.0. The molecule has 0 aliphatic carbocycles. The minimum atomic E-state index is 0.500. The molecule has 0 fully saturated rings. The molecule has 2 rings (SSSR count). The van der Waals surface area contributed by atoms with Crippen molar-refractivity contribution in [2.45, 2.75) is 39.5 Å². The van der Waals surface area contributed by atoms with Gasteiger partial charge in [0.15, 0.2) is 0 Å². The van der Waals surface area contributed by atoms with E-state index in [0.717, 1.165) is 0 Å². The van der Waals surface area contributed by atoms with Crippen molar-refractivity contribution >= 4 is 6.29 Å². The van der Waals surface area contributed by atoms with Crippen LogP contribution in [-0.4, -0.2) is 6.29 Å². The second-order valence-corrected chi connectivity index (χ2v) is 5.30. The lowest BCUT2D eigenvalue weighted by atomic mass is 10.0. The Hall–Kier alpha value is -1.89. The average molecular weight is 283 g/mol. The van der Waals surface area contributed by atoms with E-state index in [1.807, 2.05) is 12.1 Å². The van der Waals surface area contributed by atoms with E-state index in [1.165, 1.54) is 11.1 Å². The summed E-state index contributed by atoms with van der Waals surface area (Å²) >= 11 is 0. The highest BCUT2D eigenvalue weighted by molar-refractivity contribution is 5.53. The maximum absolute atomic E-state index is 8.69. The van der Waals surface area contributed by atoms with Crippen LogP contribution in [0, 0.1) is 6.92 Å². The van der Waals surface area contributed by atoms with Crippen molar-refractivity contribution in [2.75, 3.05) is 0 Å². The quantitative estimate of drug-likeness (QED) is 0.652. The van der Waals surface area contributed by atoms with Crippen molar-refractivity contribution in [1.29, 1.82) is 0 Å². The Kier molecular flexibility index (Phi) is 10.8. The topological polar surface area (TPSA) is 17.1 Å². The largest absolute Gasteiger partial charge is 0.303 e. The number of carbonyl (C=O) groups excluding carboxylic acids is 1. The summed E-state index contributed by atoms with van der Waals surface area (Å²) in [4.78, 5) is 8.69. The van der Waals surface area contributed by atoms with E-state index in [4.69, 9.17) is 4.79 Å². The van der Waals surface area contributed by atoms with Gasteiger partial charge in [0.1, 0.15) is 6.29 Å². The van der Waals surface area contributed by atoms with Crippen LogP contribution in [0.5, 0.6) is 0 Å². The fourth-order valence-electron chi connectivity index (χ4n) is 1.68. The zero-order chi connectivity index (χ0) is 16.1. The van der Waals surface area contributed by atoms with Gasteiger partial charge in [0.25, 0.3) is 0 Å². The van der Waals surface area contributed by atoms with Gasteiger partial charge in [0.05, 0.1) is 0 Å². The Balaban J connectivity index is 0.000000322. The third-order valence-corrected chi connectivity index (χ3v) is 2.93. The van der Waals surface area contributed by atoms with Gasteiger partial charge in [-0.15, -0.1) is 0 Å². The molecular formula is C20H27O. The molecule has 21 heavy (non-hydrogen) atoms. The number of hydrogen-bond donors (Lipinski definition) is 0. The van der Waals surface area contributed by atoms with E-state index < -0.39 is 0 Å². The van der Waals surface area contributed by atoms with Crippen molar-refractivity contribution in [1.82, 2.24) is 0 Å². The highest BCUT2D eigenvalue weighted by Crippen LogP contribution is 2.12. The Morgan fingerprint density at radius 2 is 0.952 bits per heavy atom. The highest BCUT2D eigenvalue weighted by atomic mass is 16.1. The monoisotopic (exact) mass is 283 g/mol. The van der Waals surface area contributed by atoms with Crippen LogP contribution in [0.1, 0.15) is 50.7 Å². The summed E-state index contributed by atoms with van der Waals surface area (Å²) in [6.45, 7) is 11.6. The zero-order valence-electron chi connectivity index (χ0n) is 13.6. The van der Waals surface area contributed by atoms with E-state index in [2.05, 4.69) is 83.1 Å². The lowest BCUT2D eigenvalue weighted by Gasteiger charge is -2.01. The summed E-state index contributed by atoms with van der Waals surface area (Å²) in [6.07, 6.45) is 0.500. The molecule has 0 atom stereocenters. The molecule has 0 bridgehead atoms. The van der Waals surface area contributed by atoms with Crippen LogP contribution in [0.25, 0.3) is 0 Å². The summed E-state index contributed by atoms with van der Waals surface area (Å²) in [5.41, 5.74) is 2.83. The summed E-state index contributed by atoms with van der Waals surface area (Å²) < 4.78 is 0. The molecule has 0 aliphatic heterocycles. The molecule has 1 heteroatoms. The van der Waals surface area contributed by atoms with E-state index in [9.17, 15) is 0 Å². The van der Waals surface area contributed by atoms with Gasteiger partial charge in [-0.25, -0.2) is 0 Å². The third-order valence-electron chi connectivity index (χ3n) is 2.93. The predicted octanol–water partition coefficient (Wildman–Crippen LogP) is 5.64. The first kappa shape index (κ1) is 19.1. The van der Waals surface area contributed by atoms with Gasteiger partial charge >= 0.3 is 0 Å². The van der Waals surface area contributed by atoms with Crippen molar-refractivity contribution in [3.8, 4) is 0 Å². The number of hydrogen-bond acceptors (Lipinski definition) is 1. The van der Waals surface area contributed by atoms with Crippen molar-refractivity contribution in [3.63, 3.8) is 0 Å². The van der Waals surface area contributed by atoms with Gasteiger partial charge in [0, 0.05) is 6.92 Å². The Morgan fingerprint density at radius 3 is 1.10 bits per heavy atom. The Morgan fingerprint density at radius 1 is 0.714 bits per heavy atom. The van der Waals surface area contributed by atoms with Crippen LogP contribution < -0.4 is 0 Å². The van der Waals surface area contributed by atoms with Crippen LogP contribution in [0.3, 0.4) is 0 Å². The molecule has 0 aromatic heterocycles. The second-order valence-electron chi connectivity index (χ2n) is 5.30. The van der Waals surface area contributed by atoms with E-state index in [-0.39, 0.29) is 0 Å². The highest BCUT2D eigenvalue weighted by Gasteiger charge is 1.94. The summed E-state index contributed by atoms with van der Waals surface area (Å²) in [7, 11) is 0. The molecule has 0 saturated carbocycles. The SMILES string of the molecule is CC(C)c1ccccc1.CC(C)c1ccccc1.[CH2]C=O. The van der Waals surface area contributed by atoms with Crippen LogP contribution in [0.4, 0.5) is 0 Å². The van der Waals surface area contributed by atoms with Gasteiger partial charge in [-0.3, -0.25) is 0 Å². The molecule has 1 nitrogen and oxygen atoms in total. The molecule has 2 aromatic rings. The molecule has 0 N–H and O–H groups in total. The number of carbonyl (C=O) groups is 1. The average Bonchev–Trinajstić information content (AvgIpc) is 2.50. The molecule has 0 amide bonds. The first-order valence-electron chi connectivity index (χ1n) is 7.35. The van der Waals surface area contributed by atoms with E-state index in [0.29, 0.717) is 18.1 Å². The zero-order valence-corrected chi connectivity index (χ0v) is 13.6. The van der Waals surface area contributed by atoms with Crippen molar-refractivity contribution < 1.29 is 4.79 Å². The summed E-state index contributed by atoms with van der Waals surface area (Å²) in [5.74, 6) is 1.32. The molecule has 0 unspecified atom stereocenters. The fourth-order valence-corrected chi connectivity index (χ4v) is 1.68. The van der Waals surface area contributed by atoms with Gasteiger partial charge in [0.2, 0.25) is 0 Å². The standard InChI is InChI=1S/2C9H12.C2H3O/c2*1-8(2)9-6-4-3-5-7-9;1-2-3/h2*3-8H,1-2H3;2H,1H2. The number of aldehydes is 1. The van der Waals surface area contributed by atoms with E-state index in [1.54, 1.807) is 0 Å². The second kappa shape index (κ2) is 11.9. The van der Waals surface area contributed by atoms with Crippen LogP contribution in [0.2, 0.25) is 0 Å². The lowest BCUT2D eigenvalue weighted by molar-refractivity contribution is -0.104. The van der Waals surface area contributed by atoms with Gasteiger partial charge in [-0.05, 0) is 23.0 Å². The van der Waals surface area contributed by atoms with E-state index >= 15 is 0 Å². The van der Waals surface area contributed by atoms with Gasteiger partial charge < -0.3 is 4.79 Å². The van der Waals surface area contributed by atoms with Gasteiger partial charge in [-0.2, -0.15) is 0 Å². The first-order valence-corrected chi connectivity index (χ1v) is 7.35. The molecular weight excluding hydrogens is 256 g/mol. The van der Waals surface area contributed by atoms with Crippen molar-refractivity contribution in [3.05, 3.63) is 78.7 Å². The third kappa shape index (κ3) is 9.61. The molecule has 1 radical (unpaired) electrons. The van der Waals surface area contributed by atoms with Crippen LogP contribution >= 0.6 is 0 Å². The smallest absolute Gasteiger partial charge is 0.120 e. The molecule has 0 saturated heterocycles. The molecule has 113 valence electrons. The predicted molar refractivity (Wildman–Crippen MR) is 92.5 cm³/mol. The molecule has 0 spiro atoms. The molecule has 0 aliphatic rings. The maximum Gasteiger partial charge on any atom is 0.120 e. The maximum atomic E-state index is 8.69. The molecule has 0 heterocycles. The minimum Gasteiger partial charge on any atom is -0.303 e. The lowest BCUT2D eigenvalue weighted by Crippen LogP contribution is -1.83. The molecule has 2 aromatic carbocycles. The summed E-state index contributed by atoms with van der Waals surface area (Å²) in [5, 5.41) is 0. The minimum absolute atomic E-state index is 0.500. The number of benzene rings is 2. The summed E-state index contributed by atoms with van der Waals surface area (Å²) in [6, 6.07) is 21.0. The van der Waals surface area contributed by atoms with Crippen LogP contribution in [-0.2, 0) is 4.79 Å². The van der Waals surface area contributed by atoms with Gasteiger partial charge in [-0.1, -0.05) is 88.4 Å². The Labute approximate surface area is 130 Å².